The molecule has 0 bridgehead atoms. The molecule has 1 aromatic heterocycles. The largest absolute Gasteiger partial charge is 0.444 e. The van der Waals surface area contributed by atoms with Crippen LogP contribution in [-0.2, 0) is 21.3 Å². The van der Waals surface area contributed by atoms with Crippen molar-refractivity contribution in [2.45, 2.75) is 43.8 Å². The van der Waals surface area contributed by atoms with E-state index in [2.05, 4.69) is 4.98 Å². The summed E-state index contributed by atoms with van der Waals surface area (Å²) in [7, 11) is -1.03. The molecule has 0 N–H and O–H groups in total. The molecular formula is C13H19ClN2O3S2. The van der Waals surface area contributed by atoms with Gasteiger partial charge in [0.1, 0.15) is 5.60 Å². The number of halogens is 1. The van der Waals surface area contributed by atoms with Crippen molar-refractivity contribution in [2.75, 3.05) is 13.1 Å². The van der Waals surface area contributed by atoms with Crippen molar-refractivity contribution in [1.29, 1.82) is 0 Å². The first kappa shape index (κ1) is 16.7. The second-order valence-electron chi connectivity index (χ2n) is 5.94. The number of hydrogen-bond donors (Lipinski definition) is 0. The lowest BCUT2D eigenvalue weighted by Crippen LogP contribution is -2.36. The lowest BCUT2D eigenvalue weighted by Gasteiger charge is -2.24. The minimum Gasteiger partial charge on any atom is -0.444 e. The number of carbonyl (C=O) groups excluding carboxylic acids is 1. The highest BCUT2D eigenvalue weighted by atomic mass is 35.5. The van der Waals surface area contributed by atoms with E-state index >= 15 is 0 Å². The fourth-order valence-electron chi connectivity index (χ4n) is 2.04. The van der Waals surface area contributed by atoms with E-state index in [1.54, 1.807) is 11.1 Å². The highest BCUT2D eigenvalue weighted by Crippen LogP contribution is 2.23. The maximum Gasteiger partial charge on any atom is 0.410 e. The van der Waals surface area contributed by atoms with Crippen molar-refractivity contribution >= 4 is 39.8 Å². The molecule has 0 aliphatic carbocycles. The molecule has 1 aliphatic rings. The normalized spacial score (nSPS) is 20.6. The van der Waals surface area contributed by atoms with E-state index in [9.17, 15) is 9.00 Å². The van der Waals surface area contributed by atoms with Crippen LogP contribution in [0.3, 0.4) is 0 Å². The molecule has 8 heteroatoms. The average molecular weight is 351 g/mol. The number of thiazole rings is 1. The van der Waals surface area contributed by atoms with E-state index in [0.29, 0.717) is 23.3 Å². The number of amides is 1. The second-order valence-corrected chi connectivity index (χ2v) is 9.36. The molecule has 118 valence electrons. The molecule has 2 atom stereocenters. The summed E-state index contributed by atoms with van der Waals surface area (Å²) in [4.78, 5) is 18.5. The maximum atomic E-state index is 12.3. The van der Waals surface area contributed by atoms with Crippen molar-refractivity contribution in [3.05, 3.63) is 15.5 Å². The van der Waals surface area contributed by atoms with E-state index in [1.807, 2.05) is 20.8 Å². The van der Waals surface area contributed by atoms with Gasteiger partial charge in [0, 0.05) is 35.0 Å². The van der Waals surface area contributed by atoms with Gasteiger partial charge in [-0.3, -0.25) is 4.21 Å². The lowest BCUT2D eigenvalue weighted by molar-refractivity contribution is 0.0295. The van der Waals surface area contributed by atoms with E-state index in [4.69, 9.17) is 16.3 Å². The zero-order chi connectivity index (χ0) is 15.6. The number of hydrogen-bond acceptors (Lipinski definition) is 5. The van der Waals surface area contributed by atoms with Crippen LogP contribution < -0.4 is 0 Å². The first-order valence-electron chi connectivity index (χ1n) is 6.70. The average Bonchev–Trinajstić information content (AvgIpc) is 2.96. The predicted molar refractivity (Wildman–Crippen MR) is 85.2 cm³/mol. The van der Waals surface area contributed by atoms with Crippen LogP contribution in [0.15, 0.2) is 6.20 Å². The van der Waals surface area contributed by atoms with Gasteiger partial charge in [-0.1, -0.05) is 11.6 Å². The third kappa shape index (κ3) is 4.93. The van der Waals surface area contributed by atoms with Crippen LogP contribution in [0, 0.1) is 0 Å². The van der Waals surface area contributed by atoms with Crippen molar-refractivity contribution in [3.63, 3.8) is 0 Å². The minimum absolute atomic E-state index is 0.0154. The lowest BCUT2D eigenvalue weighted by atomic mass is 10.2. The molecule has 5 nitrogen and oxygen atoms in total. The number of ether oxygens (including phenoxy) is 1. The second kappa shape index (κ2) is 6.62. The molecule has 2 unspecified atom stereocenters. The summed E-state index contributed by atoms with van der Waals surface area (Å²) >= 11 is 7.11. The summed E-state index contributed by atoms with van der Waals surface area (Å²) < 4.78 is 18.1. The van der Waals surface area contributed by atoms with Crippen LogP contribution in [0.25, 0.3) is 0 Å². The Morgan fingerprint density at radius 1 is 1.62 bits per heavy atom. The molecule has 21 heavy (non-hydrogen) atoms. The quantitative estimate of drug-likeness (QED) is 0.840. The van der Waals surface area contributed by atoms with E-state index < -0.39 is 16.4 Å². The highest BCUT2D eigenvalue weighted by molar-refractivity contribution is 7.85. The molecule has 1 fully saturated rings. The molecule has 1 amide bonds. The van der Waals surface area contributed by atoms with Crippen LogP contribution in [-0.4, -0.2) is 44.1 Å². The van der Waals surface area contributed by atoms with Gasteiger partial charge >= 0.3 is 6.09 Å². The smallest absolute Gasteiger partial charge is 0.410 e. The third-order valence-corrected chi connectivity index (χ3v) is 6.00. The molecular weight excluding hydrogens is 332 g/mol. The number of likely N-dealkylation sites (tertiary alicyclic amines) is 1. The predicted octanol–water partition coefficient (Wildman–Crippen LogP) is 3.05. The van der Waals surface area contributed by atoms with Gasteiger partial charge in [-0.05, 0) is 27.2 Å². The zero-order valence-electron chi connectivity index (χ0n) is 12.3. The van der Waals surface area contributed by atoms with Gasteiger partial charge in [-0.15, -0.1) is 11.3 Å². The molecule has 1 aliphatic heterocycles. The zero-order valence-corrected chi connectivity index (χ0v) is 14.7. The third-order valence-electron chi connectivity index (χ3n) is 2.98. The number of rotatable bonds is 3. The van der Waals surface area contributed by atoms with E-state index in [0.717, 1.165) is 11.3 Å². The Labute approximate surface area is 136 Å². The summed E-state index contributed by atoms with van der Waals surface area (Å²) in [5, 5.41) is -0.0154. The van der Waals surface area contributed by atoms with Crippen LogP contribution >= 0.6 is 22.9 Å². The van der Waals surface area contributed by atoms with Crippen molar-refractivity contribution < 1.29 is 13.7 Å². The Hall–Kier alpha value is -0.660. The fourth-order valence-corrected chi connectivity index (χ4v) is 4.71. The standard InChI is InChI=1S/C13H19ClN2O3S2/c1-13(2,3)19-12(17)16-5-4-10(7-16)21(18)8-9-6-15-11(14)20-9/h6,10H,4-5,7-8H2,1-3H3. The summed E-state index contributed by atoms with van der Waals surface area (Å²) in [5.41, 5.74) is -0.506. The van der Waals surface area contributed by atoms with Crippen molar-refractivity contribution in [3.8, 4) is 0 Å². The van der Waals surface area contributed by atoms with Crippen molar-refractivity contribution in [1.82, 2.24) is 9.88 Å². The Kier molecular flexibility index (Phi) is 5.27. The SMILES string of the molecule is CC(C)(C)OC(=O)N1CCC(S(=O)Cc2cnc(Cl)s2)C1. The summed E-state index contributed by atoms with van der Waals surface area (Å²) in [6.45, 7) is 6.58. The maximum absolute atomic E-state index is 12.3. The van der Waals surface area contributed by atoms with Gasteiger partial charge in [0.05, 0.1) is 11.0 Å². The number of carbonyl (C=O) groups is 1. The van der Waals surface area contributed by atoms with Gasteiger partial charge in [-0.25, -0.2) is 9.78 Å². The number of aromatic nitrogens is 1. The number of nitrogens with zero attached hydrogens (tertiary/aromatic N) is 2. The van der Waals surface area contributed by atoms with E-state index in [1.165, 1.54) is 11.3 Å². The Bertz CT molecular complexity index is 542. The van der Waals surface area contributed by atoms with Crippen LogP contribution in [0.1, 0.15) is 32.1 Å². The van der Waals surface area contributed by atoms with Crippen molar-refractivity contribution in [2.24, 2.45) is 0 Å². The molecule has 0 spiro atoms. The fraction of sp³-hybridized carbons (Fsp3) is 0.692. The topological polar surface area (TPSA) is 59.5 Å². The first-order valence-corrected chi connectivity index (χ1v) is 9.27. The van der Waals surface area contributed by atoms with E-state index in [-0.39, 0.29) is 11.3 Å². The van der Waals surface area contributed by atoms with Gasteiger partial charge < -0.3 is 9.64 Å². The summed E-state index contributed by atoms with van der Waals surface area (Å²) in [5.74, 6) is 0.442. The summed E-state index contributed by atoms with van der Waals surface area (Å²) in [6.07, 6.45) is 2.06. The Morgan fingerprint density at radius 2 is 2.33 bits per heavy atom. The molecule has 1 aromatic rings. The minimum atomic E-state index is -1.03. The van der Waals surface area contributed by atoms with Crippen LogP contribution in [0.5, 0.6) is 0 Å². The molecule has 0 aromatic carbocycles. The highest BCUT2D eigenvalue weighted by Gasteiger charge is 2.32. The van der Waals surface area contributed by atoms with Gasteiger partial charge in [0.25, 0.3) is 0 Å². The van der Waals surface area contributed by atoms with Gasteiger partial charge in [-0.2, -0.15) is 0 Å². The Balaban J connectivity index is 1.87. The van der Waals surface area contributed by atoms with Gasteiger partial charge in [0.2, 0.25) is 0 Å². The molecule has 2 rings (SSSR count). The molecule has 2 heterocycles. The van der Waals surface area contributed by atoms with Crippen LogP contribution in [0.2, 0.25) is 4.47 Å². The monoisotopic (exact) mass is 350 g/mol. The van der Waals surface area contributed by atoms with Gasteiger partial charge in [0.15, 0.2) is 4.47 Å². The molecule has 0 saturated carbocycles. The molecule has 0 radical (unpaired) electrons. The Morgan fingerprint density at radius 3 is 2.90 bits per heavy atom. The summed E-state index contributed by atoms with van der Waals surface area (Å²) in [6, 6.07) is 0. The molecule has 1 saturated heterocycles. The van der Waals surface area contributed by atoms with Crippen LogP contribution in [0.4, 0.5) is 4.79 Å². The first-order chi connectivity index (χ1) is 9.74.